The van der Waals surface area contributed by atoms with Crippen LogP contribution in [0, 0.1) is 0 Å². The molecule has 0 aromatic heterocycles. The van der Waals surface area contributed by atoms with Gasteiger partial charge in [0.05, 0.1) is 12.7 Å². The third-order valence-electron chi connectivity index (χ3n) is 2.39. The lowest BCUT2D eigenvalue weighted by Crippen LogP contribution is -2.20. The standard InChI is InChI=1S/C11H13FO/c12-10-6-7-13-11(8-10)9-4-2-1-3-5-9/h1-5,10-11H,6-8H2/t10-,11+/m1/s1. The maximum atomic E-state index is 13.0. The van der Waals surface area contributed by atoms with Crippen molar-refractivity contribution in [2.45, 2.75) is 25.1 Å². The number of hydrogen-bond acceptors (Lipinski definition) is 1. The average Bonchev–Trinajstić information content (AvgIpc) is 2.19. The van der Waals surface area contributed by atoms with E-state index >= 15 is 0 Å². The molecule has 0 bridgehead atoms. The van der Waals surface area contributed by atoms with Gasteiger partial charge in [-0.25, -0.2) is 4.39 Å². The Morgan fingerprint density at radius 1 is 1.23 bits per heavy atom. The van der Waals surface area contributed by atoms with Gasteiger partial charge in [0.2, 0.25) is 0 Å². The minimum absolute atomic E-state index is 0.0371. The Morgan fingerprint density at radius 3 is 2.69 bits per heavy atom. The lowest BCUT2D eigenvalue weighted by atomic mass is 10.0. The Labute approximate surface area is 77.5 Å². The number of alkyl halides is 1. The monoisotopic (exact) mass is 180 g/mol. The zero-order valence-electron chi connectivity index (χ0n) is 7.45. The van der Waals surface area contributed by atoms with Crippen molar-refractivity contribution >= 4 is 0 Å². The fraction of sp³-hybridized carbons (Fsp3) is 0.455. The fourth-order valence-electron chi connectivity index (χ4n) is 1.66. The predicted molar refractivity (Wildman–Crippen MR) is 49.3 cm³/mol. The molecule has 0 unspecified atom stereocenters. The van der Waals surface area contributed by atoms with Crippen LogP contribution >= 0.6 is 0 Å². The van der Waals surface area contributed by atoms with Crippen molar-refractivity contribution in [2.24, 2.45) is 0 Å². The van der Waals surface area contributed by atoms with Crippen molar-refractivity contribution in [3.05, 3.63) is 35.9 Å². The van der Waals surface area contributed by atoms with Gasteiger partial charge < -0.3 is 4.74 Å². The lowest BCUT2D eigenvalue weighted by molar-refractivity contribution is -0.0193. The van der Waals surface area contributed by atoms with E-state index in [9.17, 15) is 4.39 Å². The van der Waals surface area contributed by atoms with E-state index in [0.717, 1.165) is 5.56 Å². The van der Waals surface area contributed by atoms with Crippen LogP contribution < -0.4 is 0 Å². The van der Waals surface area contributed by atoms with Gasteiger partial charge in [-0.3, -0.25) is 0 Å². The van der Waals surface area contributed by atoms with Gasteiger partial charge in [-0.15, -0.1) is 0 Å². The molecular weight excluding hydrogens is 167 g/mol. The molecule has 13 heavy (non-hydrogen) atoms. The summed E-state index contributed by atoms with van der Waals surface area (Å²) in [4.78, 5) is 0. The maximum absolute atomic E-state index is 13.0. The molecule has 2 atom stereocenters. The van der Waals surface area contributed by atoms with Gasteiger partial charge in [-0.2, -0.15) is 0 Å². The van der Waals surface area contributed by atoms with Crippen LogP contribution in [0.4, 0.5) is 4.39 Å². The summed E-state index contributed by atoms with van der Waals surface area (Å²) in [6.07, 6.45) is 0.316. The molecular formula is C11H13FO. The van der Waals surface area contributed by atoms with Crippen LogP contribution in [-0.2, 0) is 4.74 Å². The molecule has 1 aromatic carbocycles. The molecule has 2 heteroatoms. The largest absolute Gasteiger partial charge is 0.373 e. The van der Waals surface area contributed by atoms with Gasteiger partial charge in [0.1, 0.15) is 6.17 Å². The molecule has 0 amide bonds. The highest BCUT2D eigenvalue weighted by Gasteiger charge is 2.22. The molecule has 0 N–H and O–H groups in total. The molecule has 1 fully saturated rings. The van der Waals surface area contributed by atoms with E-state index in [1.54, 1.807) is 0 Å². The van der Waals surface area contributed by atoms with Crippen LogP contribution in [0.5, 0.6) is 0 Å². The normalized spacial score (nSPS) is 28.7. The van der Waals surface area contributed by atoms with Crippen LogP contribution in [0.2, 0.25) is 0 Å². The minimum Gasteiger partial charge on any atom is -0.373 e. The van der Waals surface area contributed by atoms with E-state index < -0.39 is 6.17 Å². The predicted octanol–water partition coefficient (Wildman–Crippen LogP) is 2.88. The SMILES string of the molecule is F[C@@H]1CCO[C@H](c2ccccc2)C1. The van der Waals surface area contributed by atoms with E-state index in [-0.39, 0.29) is 6.10 Å². The van der Waals surface area contributed by atoms with E-state index in [1.807, 2.05) is 30.3 Å². The van der Waals surface area contributed by atoms with Gasteiger partial charge in [-0.05, 0) is 5.56 Å². The molecule has 1 heterocycles. The van der Waals surface area contributed by atoms with Crippen molar-refractivity contribution in [1.29, 1.82) is 0 Å². The zero-order chi connectivity index (χ0) is 9.10. The Morgan fingerprint density at radius 2 is 2.00 bits per heavy atom. The first-order valence-corrected chi connectivity index (χ1v) is 4.67. The molecule has 1 aliphatic heterocycles. The van der Waals surface area contributed by atoms with Crippen molar-refractivity contribution in [3.63, 3.8) is 0 Å². The topological polar surface area (TPSA) is 9.23 Å². The van der Waals surface area contributed by atoms with Crippen molar-refractivity contribution in [1.82, 2.24) is 0 Å². The van der Waals surface area contributed by atoms with E-state index in [2.05, 4.69) is 0 Å². The summed E-state index contributed by atoms with van der Waals surface area (Å²) >= 11 is 0. The maximum Gasteiger partial charge on any atom is 0.105 e. The highest BCUT2D eigenvalue weighted by Crippen LogP contribution is 2.29. The Hall–Kier alpha value is -0.890. The summed E-state index contributed by atoms with van der Waals surface area (Å²) in [5.41, 5.74) is 1.09. The van der Waals surface area contributed by atoms with Crippen molar-refractivity contribution < 1.29 is 9.13 Å². The first-order chi connectivity index (χ1) is 6.36. The second-order valence-corrected chi connectivity index (χ2v) is 3.39. The van der Waals surface area contributed by atoms with Crippen molar-refractivity contribution in [2.75, 3.05) is 6.61 Å². The number of rotatable bonds is 1. The van der Waals surface area contributed by atoms with Crippen LogP contribution in [-0.4, -0.2) is 12.8 Å². The summed E-state index contributed by atoms with van der Waals surface area (Å²) in [6.45, 7) is 0.542. The van der Waals surface area contributed by atoms with E-state index in [0.29, 0.717) is 19.4 Å². The molecule has 2 rings (SSSR count). The van der Waals surface area contributed by atoms with Crippen LogP contribution in [0.25, 0.3) is 0 Å². The molecule has 1 nitrogen and oxygen atoms in total. The minimum atomic E-state index is -0.695. The quantitative estimate of drug-likeness (QED) is 0.645. The molecule has 1 saturated heterocycles. The van der Waals surface area contributed by atoms with Crippen LogP contribution in [0.3, 0.4) is 0 Å². The second kappa shape index (κ2) is 3.88. The average molecular weight is 180 g/mol. The van der Waals surface area contributed by atoms with Gasteiger partial charge in [0, 0.05) is 12.8 Å². The van der Waals surface area contributed by atoms with Crippen molar-refractivity contribution in [3.8, 4) is 0 Å². The Balaban J connectivity index is 2.08. The molecule has 0 saturated carbocycles. The van der Waals surface area contributed by atoms with E-state index in [1.165, 1.54) is 0 Å². The summed E-state index contributed by atoms with van der Waals surface area (Å²) < 4.78 is 18.5. The molecule has 0 aliphatic carbocycles. The smallest absolute Gasteiger partial charge is 0.105 e. The number of ether oxygens (including phenoxy) is 1. The first kappa shape index (κ1) is 8.70. The summed E-state index contributed by atoms with van der Waals surface area (Å²) in [5, 5.41) is 0. The van der Waals surface area contributed by atoms with Gasteiger partial charge in [0.25, 0.3) is 0 Å². The summed E-state index contributed by atoms with van der Waals surface area (Å²) in [5.74, 6) is 0. The Bertz CT molecular complexity index is 260. The van der Waals surface area contributed by atoms with Crippen LogP contribution in [0.1, 0.15) is 24.5 Å². The third kappa shape index (κ3) is 2.07. The first-order valence-electron chi connectivity index (χ1n) is 4.67. The van der Waals surface area contributed by atoms with Gasteiger partial charge in [0.15, 0.2) is 0 Å². The highest BCUT2D eigenvalue weighted by molar-refractivity contribution is 5.18. The zero-order valence-corrected chi connectivity index (χ0v) is 7.45. The van der Waals surface area contributed by atoms with E-state index in [4.69, 9.17) is 4.74 Å². The summed E-state index contributed by atoms with van der Waals surface area (Å²) in [7, 11) is 0. The molecule has 1 aromatic rings. The summed E-state index contributed by atoms with van der Waals surface area (Å²) in [6, 6.07) is 9.85. The molecule has 0 spiro atoms. The number of hydrogen-bond donors (Lipinski definition) is 0. The number of benzene rings is 1. The Kier molecular flexibility index (Phi) is 2.60. The molecule has 1 aliphatic rings. The highest BCUT2D eigenvalue weighted by atomic mass is 19.1. The molecule has 70 valence electrons. The van der Waals surface area contributed by atoms with Gasteiger partial charge in [-0.1, -0.05) is 30.3 Å². The number of halogens is 1. The third-order valence-corrected chi connectivity index (χ3v) is 2.39. The second-order valence-electron chi connectivity index (χ2n) is 3.39. The fourth-order valence-corrected chi connectivity index (χ4v) is 1.66. The lowest BCUT2D eigenvalue weighted by Gasteiger charge is -2.25. The van der Waals surface area contributed by atoms with Gasteiger partial charge >= 0.3 is 0 Å². The molecule has 0 radical (unpaired) electrons. The van der Waals surface area contributed by atoms with Crippen LogP contribution in [0.15, 0.2) is 30.3 Å².